The van der Waals surface area contributed by atoms with E-state index >= 15 is 0 Å². The zero-order valence-corrected chi connectivity index (χ0v) is 20.2. The van der Waals surface area contributed by atoms with Gasteiger partial charge in [0.05, 0.1) is 16.7 Å². The number of hydrogen-bond donors (Lipinski definition) is 0. The van der Waals surface area contributed by atoms with E-state index in [2.05, 4.69) is 0 Å². The standard InChI is InChI=1S/C31H17F9/c32-29(33,34)26-11-9-19(10-12-26)22-6-8-23-13-21(5-7-24(23)14-22)18-1-3-20(4-2-18)25-15-27(30(35,36)37)17-28(16-25)31(38,39)40/h1-17H. The van der Waals surface area contributed by atoms with Crippen molar-refractivity contribution in [3.63, 3.8) is 0 Å². The van der Waals surface area contributed by atoms with E-state index in [1.807, 2.05) is 24.3 Å². The number of rotatable bonds is 3. The van der Waals surface area contributed by atoms with Crippen LogP contribution in [0.3, 0.4) is 0 Å². The highest BCUT2D eigenvalue weighted by molar-refractivity contribution is 5.91. The quantitative estimate of drug-likeness (QED) is 0.193. The second-order valence-electron chi connectivity index (χ2n) is 9.22. The molecular formula is C31H17F9. The summed E-state index contributed by atoms with van der Waals surface area (Å²) in [6.45, 7) is 0. The van der Waals surface area contributed by atoms with Crippen LogP contribution in [-0.2, 0) is 18.5 Å². The zero-order valence-electron chi connectivity index (χ0n) is 20.2. The zero-order chi connectivity index (χ0) is 28.9. The molecule has 0 bridgehead atoms. The van der Waals surface area contributed by atoms with Crippen molar-refractivity contribution < 1.29 is 39.5 Å². The van der Waals surface area contributed by atoms with E-state index in [4.69, 9.17) is 0 Å². The molecule has 5 aromatic rings. The molecule has 0 radical (unpaired) electrons. The fourth-order valence-electron chi connectivity index (χ4n) is 4.43. The molecule has 0 fully saturated rings. The number of halogens is 9. The molecule has 40 heavy (non-hydrogen) atoms. The van der Waals surface area contributed by atoms with Crippen LogP contribution < -0.4 is 0 Å². The van der Waals surface area contributed by atoms with Crippen molar-refractivity contribution >= 4 is 10.8 Å². The Morgan fingerprint density at radius 1 is 0.275 bits per heavy atom. The van der Waals surface area contributed by atoms with Gasteiger partial charge in [0.2, 0.25) is 0 Å². The molecule has 0 unspecified atom stereocenters. The minimum atomic E-state index is -4.94. The molecule has 0 aliphatic rings. The third-order valence-electron chi connectivity index (χ3n) is 6.53. The lowest BCUT2D eigenvalue weighted by Gasteiger charge is -2.14. The van der Waals surface area contributed by atoms with Crippen LogP contribution in [0, 0.1) is 0 Å². The van der Waals surface area contributed by atoms with Gasteiger partial charge < -0.3 is 0 Å². The van der Waals surface area contributed by atoms with E-state index < -0.39 is 35.2 Å². The average molecular weight is 560 g/mol. The molecule has 0 aliphatic carbocycles. The van der Waals surface area contributed by atoms with Crippen molar-refractivity contribution in [2.24, 2.45) is 0 Å². The topological polar surface area (TPSA) is 0 Å². The Bertz CT molecular complexity index is 1640. The molecule has 0 heterocycles. The maximum absolute atomic E-state index is 13.2. The summed E-state index contributed by atoms with van der Waals surface area (Å²) < 4.78 is 118. The lowest BCUT2D eigenvalue weighted by atomic mass is 9.95. The SMILES string of the molecule is FC(F)(F)c1ccc(-c2ccc3cc(-c4ccc(-c5cc(C(F)(F)F)cc(C(F)(F)F)c5)cc4)ccc3c2)cc1. The summed E-state index contributed by atoms with van der Waals surface area (Å²) in [7, 11) is 0. The molecule has 0 aliphatic heterocycles. The first-order valence-electron chi connectivity index (χ1n) is 11.8. The summed E-state index contributed by atoms with van der Waals surface area (Å²) in [5.74, 6) is 0. The molecule has 0 amide bonds. The first-order chi connectivity index (χ1) is 18.7. The summed E-state index contributed by atoms with van der Waals surface area (Å²) in [5.41, 5.74) is -0.692. The second-order valence-corrected chi connectivity index (χ2v) is 9.22. The molecule has 0 aromatic heterocycles. The first kappa shape index (κ1) is 27.3. The fraction of sp³-hybridized carbons (Fsp3) is 0.0968. The molecule has 0 saturated heterocycles. The van der Waals surface area contributed by atoms with Crippen LogP contribution in [0.2, 0.25) is 0 Å². The Morgan fingerprint density at radius 3 is 0.975 bits per heavy atom. The van der Waals surface area contributed by atoms with Gasteiger partial charge in [-0.1, -0.05) is 60.7 Å². The van der Waals surface area contributed by atoms with Crippen molar-refractivity contribution in [2.75, 3.05) is 0 Å². The first-order valence-corrected chi connectivity index (χ1v) is 11.8. The summed E-state index contributed by atoms with van der Waals surface area (Å²) in [6, 6.07) is 23.4. The lowest BCUT2D eigenvalue weighted by Crippen LogP contribution is -2.11. The highest BCUT2D eigenvalue weighted by Gasteiger charge is 2.37. The number of alkyl halides is 9. The number of fused-ring (bicyclic) bond motifs is 1. The molecule has 5 rings (SSSR count). The van der Waals surface area contributed by atoms with Crippen LogP contribution in [0.25, 0.3) is 44.2 Å². The van der Waals surface area contributed by atoms with Crippen LogP contribution in [0.15, 0.2) is 103 Å². The van der Waals surface area contributed by atoms with Gasteiger partial charge in [0, 0.05) is 0 Å². The van der Waals surface area contributed by atoms with Crippen LogP contribution in [0.5, 0.6) is 0 Å². The van der Waals surface area contributed by atoms with Gasteiger partial charge in [-0.3, -0.25) is 0 Å². The normalized spacial score (nSPS) is 12.6. The number of benzene rings is 5. The van der Waals surface area contributed by atoms with E-state index in [0.717, 1.165) is 34.0 Å². The molecule has 5 aromatic carbocycles. The lowest BCUT2D eigenvalue weighted by molar-refractivity contribution is -0.143. The van der Waals surface area contributed by atoms with Gasteiger partial charge in [0.15, 0.2) is 0 Å². The average Bonchev–Trinajstić information content (AvgIpc) is 2.91. The van der Waals surface area contributed by atoms with Gasteiger partial charge in [-0.25, -0.2) is 0 Å². The van der Waals surface area contributed by atoms with E-state index in [0.29, 0.717) is 23.3 Å². The van der Waals surface area contributed by atoms with Crippen LogP contribution >= 0.6 is 0 Å². The maximum atomic E-state index is 13.2. The van der Waals surface area contributed by atoms with Gasteiger partial charge in [-0.2, -0.15) is 39.5 Å². The highest BCUT2D eigenvalue weighted by Crippen LogP contribution is 2.39. The Kier molecular flexibility index (Phi) is 6.64. The van der Waals surface area contributed by atoms with E-state index in [1.165, 1.54) is 24.3 Å². The van der Waals surface area contributed by atoms with Crippen molar-refractivity contribution in [1.82, 2.24) is 0 Å². The second kappa shape index (κ2) is 9.73. The Labute approximate surface area is 222 Å². The molecule has 0 N–H and O–H groups in total. The predicted molar refractivity (Wildman–Crippen MR) is 135 cm³/mol. The van der Waals surface area contributed by atoms with Crippen molar-refractivity contribution in [3.8, 4) is 33.4 Å². The minimum absolute atomic E-state index is 0.0932. The van der Waals surface area contributed by atoms with E-state index in [9.17, 15) is 39.5 Å². The molecule has 0 nitrogen and oxygen atoms in total. The van der Waals surface area contributed by atoms with Crippen LogP contribution in [0.1, 0.15) is 16.7 Å². The van der Waals surface area contributed by atoms with Gasteiger partial charge in [0.1, 0.15) is 0 Å². The molecule has 9 heteroatoms. The van der Waals surface area contributed by atoms with Gasteiger partial charge >= 0.3 is 18.5 Å². The smallest absolute Gasteiger partial charge is 0.166 e. The monoisotopic (exact) mass is 560 g/mol. The molecule has 204 valence electrons. The Balaban J connectivity index is 1.43. The van der Waals surface area contributed by atoms with Gasteiger partial charge in [0.25, 0.3) is 0 Å². The van der Waals surface area contributed by atoms with E-state index in [1.54, 1.807) is 24.3 Å². The van der Waals surface area contributed by atoms with Crippen molar-refractivity contribution in [2.45, 2.75) is 18.5 Å². The molecule has 0 atom stereocenters. The fourth-order valence-corrected chi connectivity index (χ4v) is 4.43. The molecule has 0 saturated carbocycles. The maximum Gasteiger partial charge on any atom is 0.416 e. The van der Waals surface area contributed by atoms with Crippen molar-refractivity contribution in [1.29, 1.82) is 0 Å². The third-order valence-corrected chi connectivity index (χ3v) is 6.53. The Morgan fingerprint density at radius 2 is 0.600 bits per heavy atom. The summed E-state index contributed by atoms with van der Waals surface area (Å²) in [6.07, 6.45) is -14.3. The van der Waals surface area contributed by atoms with Crippen LogP contribution in [-0.4, -0.2) is 0 Å². The van der Waals surface area contributed by atoms with Gasteiger partial charge in [-0.05, 0) is 86.6 Å². The van der Waals surface area contributed by atoms with Crippen LogP contribution in [0.4, 0.5) is 39.5 Å². The molecular weight excluding hydrogens is 543 g/mol. The summed E-state index contributed by atoms with van der Waals surface area (Å²) in [5, 5.41) is 1.67. The van der Waals surface area contributed by atoms with E-state index in [-0.39, 0.29) is 17.2 Å². The largest absolute Gasteiger partial charge is 0.416 e. The summed E-state index contributed by atoms with van der Waals surface area (Å²) >= 11 is 0. The Hall–Kier alpha value is -4.27. The summed E-state index contributed by atoms with van der Waals surface area (Å²) in [4.78, 5) is 0. The predicted octanol–water partition coefficient (Wildman–Crippen LogP) is 10.9. The van der Waals surface area contributed by atoms with Crippen molar-refractivity contribution in [3.05, 3.63) is 120 Å². The molecule has 0 spiro atoms. The van der Waals surface area contributed by atoms with Gasteiger partial charge in [-0.15, -0.1) is 0 Å². The minimum Gasteiger partial charge on any atom is -0.166 e. The third kappa shape index (κ3) is 5.68. The highest BCUT2D eigenvalue weighted by atomic mass is 19.4. The number of hydrogen-bond acceptors (Lipinski definition) is 0.